The van der Waals surface area contributed by atoms with Gasteiger partial charge in [-0.15, -0.1) is 0 Å². The number of nitrogens with one attached hydrogen (secondary N) is 1. The minimum atomic E-state index is -0.315. The molecule has 0 bridgehead atoms. The van der Waals surface area contributed by atoms with Crippen molar-refractivity contribution in [3.63, 3.8) is 0 Å². The number of para-hydroxylation sites is 1. The van der Waals surface area contributed by atoms with Crippen LogP contribution in [0.1, 0.15) is 19.3 Å². The number of amides is 3. The summed E-state index contributed by atoms with van der Waals surface area (Å²) in [6.07, 6.45) is 1.51. The molecular weight excluding hydrogens is 446 g/mol. The summed E-state index contributed by atoms with van der Waals surface area (Å²) >= 11 is 3.40. The van der Waals surface area contributed by atoms with E-state index in [4.69, 9.17) is 0 Å². The van der Waals surface area contributed by atoms with Crippen LogP contribution in [0.25, 0.3) is 0 Å². The lowest BCUT2D eigenvalue weighted by molar-refractivity contribution is -0.138. The molecule has 0 aliphatic carbocycles. The highest BCUT2D eigenvalue weighted by atomic mass is 79.9. The summed E-state index contributed by atoms with van der Waals surface area (Å²) in [5.41, 5.74) is 1.60. The van der Waals surface area contributed by atoms with Crippen molar-refractivity contribution in [2.75, 3.05) is 29.9 Å². The molecule has 1 unspecified atom stereocenters. The van der Waals surface area contributed by atoms with Crippen molar-refractivity contribution >= 4 is 45.0 Å². The average Bonchev–Trinajstić information content (AvgIpc) is 3.15. The summed E-state index contributed by atoms with van der Waals surface area (Å²) in [6.45, 7) is 1.52. The van der Waals surface area contributed by atoms with Gasteiger partial charge in [0.05, 0.1) is 5.92 Å². The molecule has 2 heterocycles. The molecule has 0 radical (unpaired) electrons. The summed E-state index contributed by atoms with van der Waals surface area (Å²) in [4.78, 5) is 41.5. The third kappa shape index (κ3) is 4.56. The Kier molecular flexibility index (Phi) is 6.18. The van der Waals surface area contributed by atoms with Gasteiger partial charge in [-0.1, -0.05) is 40.2 Å². The molecule has 0 saturated carbocycles. The maximum Gasteiger partial charge on any atom is 0.228 e. The normalized spacial score (nSPS) is 19.8. The van der Waals surface area contributed by atoms with E-state index in [1.54, 1.807) is 4.90 Å². The highest BCUT2D eigenvalue weighted by Gasteiger charge is 2.38. The zero-order valence-corrected chi connectivity index (χ0v) is 18.2. The zero-order chi connectivity index (χ0) is 21.1. The van der Waals surface area contributed by atoms with E-state index in [-0.39, 0.29) is 36.0 Å². The number of carbonyl (C=O) groups is 3. The van der Waals surface area contributed by atoms with Gasteiger partial charge in [0.25, 0.3) is 0 Å². The van der Waals surface area contributed by atoms with Crippen molar-refractivity contribution in [2.24, 2.45) is 11.8 Å². The number of benzene rings is 2. The van der Waals surface area contributed by atoms with Crippen molar-refractivity contribution in [2.45, 2.75) is 19.3 Å². The molecule has 2 fully saturated rings. The Balaban J connectivity index is 1.30. The van der Waals surface area contributed by atoms with Gasteiger partial charge in [-0.25, -0.2) is 0 Å². The Bertz CT molecular complexity index is 942. The molecule has 156 valence electrons. The monoisotopic (exact) mass is 469 g/mol. The zero-order valence-electron chi connectivity index (χ0n) is 16.6. The van der Waals surface area contributed by atoms with Crippen LogP contribution in [0.2, 0.25) is 0 Å². The highest BCUT2D eigenvalue weighted by molar-refractivity contribution is 9.10. The van der Waals surface area contributed by atoms with Crippen molar-refractivity contribution < 1.29 is 14.4 Å². The Hall–Kier alpha value is -2.67. The van der Waals surface area contributed by atoms with Crippen molar-refractivity contribution in [1.29, 1.82) is 0 Å². The highest BCUT2D eigenvalue weighted by Crippen LogP contribution is 2.28. The number of piperidine rings is 1. The first-order chi connectivity index (χ1) is 14.5. The summed E-state index contributed by atoms with van der Waals surface area (Å²) in [7, 11) is 0. The van der Waals surface area contributed by atoms with E-state index >= 15 is 0 Å². The van der Waals surface area contributed by atoms with Crippen LogP contribution in [-0.2, 0) is 14.4 Å². The lowest BCUT2D eigenvalue weighted by atomic mass is 9.94. The van der Waals surface area contributed by atoms with Crippen molar-refractivity contribution in [3.05, 3.63) is 59.1 Å². The van der Waals surface area contributed by atoms with Gasteiger partial charge in [0, 0.05) is 47.8 Å². The molecule has 2 aromatic rings. The lowest BCUT2D eigenvalue weighted by Gasteiger charge is -2.33. The number of halogens is 1. The standard InChI is InChI=1S/C23H24BrN3O3/c24-18-5-4-6-19(14-18)25-22(29)16-9-11-26(12-10-16)23(30)17-13-21(28)27(15-17)20-7-2-1-3-8-20/h1-8,14,16-17H,9-13,15H2,(H,25,29). The van der Waals surface area contributed by atoms with Gasteiger partial charge in [-0.3, -0.25) is 14.4 Å². The fourth-order valence-corrected chi connectivity index (χ4v) is 4.56. The number of likely N-dealkylation sites (tertiary alicyclic amines) is 1. The van der Waals surface area contributed by atoms with Crippen LogP contribution >= 0.6 is 15.9 Å². The molecule has 0 spiro atoms. The number of rotatable bonds is 4. The maximum absolute atomic E-state index is 13.0. The lowest BCUT2D eigenvalue weighted by Crippen LogP contribution is -2.44. The smallest absolute Gasteiger partial charge is 0.228 e. The molecule has 2 aromatic carbocycles. The first kappa shape index (κ1) is 20.6. The fraction of sp³-hybridized carbons (Fsp3) is 0.348. The molecule has 2 aliphatic rings. The molecule has 4 rings (SSSR count). The Morgan fingerprint density at radius 2 is 1.70 bits per heavy atom. The SMILES string of the molecule is O=C(Nc1cccc(Br)c1)C1CCN(C(=O)C2CC(=O)N(c3ccccc3)C2)CC1. The molecule has 3 amide bonds. The van der Waals surface area contributed by atoms with E-state index in [1.807, 2.05) is 59.5 Å². The predicted molar refractivity (Wildman–Crippen MR) is 119 cm³/mol. The van der Waals surface area contributed by atoms with Crippen LogP contribution in [0.3, 0.4) is 0 Å². The Labute approximate surface area is 184 Å². The molecule has 2 aliphatic heterocycles. The number of hydrogen-bond acceptors (Lipinski definition) is 3. The van der Waals surface area contributed by atoms with Crippen LogP contribution in [0.5, 0.6) is 0 Å². The van der Waals surface area contributed by atoms with E-state index in [1.165, 1.54) is 0 Å². The second kappa shape index (κ2) is 9.00. The number of anilines is 2. The molecule has 2 saturated heterocycles. The molecule has 1 N–H and O–H groups in total. The van der Waals surface area contributed by atoms with Crippen LogP contribution < -0.4 is 10.2 Å². The minimum absolute atomic E-state index is 0.00787. The summed E-state index contributed by atoms with van der Waals surface area (Å²) in [5, 5.41) is 2.96. The third-order valence-electron chi connectivity index (χ3n) is 5.81. The van der Waals surface area contributed by atoms with Crippen molar-refractivity contribution in [3.8, 4) is 0 Å². The molecule has 1 atom stereocenters. The van der Waals surface area contributed by atoms with Gasteiger partial charge in [0.15, 0.2) is 0 Å². The maximum atomic E-state index is 13.0. The van der Waals surface area contributed by atoms with E-state index in [0.29, 0.717) is 32.5 Å². The summed E-state index contributed by atoms with van der Waals surface area (Å²) in [5.74, 6) is -0.425. The average molecular weight is 470 g/mol. The third-order valence-corrected chi connectivity index (χ3v) is 6.30. The largest absolute Gasteiger partial charge is 0.342 e. The summed E-state index contributed by atoms with van der Waals surface area (Å²) < 4.78 is 0.913. The first-order valence-corrected chi connectivity index (χ1v) is 11.0. The molecule has 6 nitrogen and oxygen atoms in total. The molecule has 0 aromatic heterocycles. The van der Waals surface area contributed by atoms with E-state index in [9.17, 15) is 14.4 Å². The van der Waals surface area contributed by atoms with Gasteiger partial charge < -0.3 is 15.1 Å². The van der Waals surface area contributed by atoms with Gasteiger partial charge in [-0.2, -0.15) is 0 Å². The Morgan fingerprint density at radius 3 is 2.40 bits per heavy atom. The van der Waals surface area contributed by atoms with Crippen LogP contribution in [0.4, 0.5) is 11.4 Å². The number of hydrogen-bond donors (Lipinski definition) is 1. The van der Waals surface area contributed by atoms with Gasteiger partial charge in [0.2, 0.25) is 17.7 Å². The fourth-order valence-electron chi connectivity index (χ4n) is 4.16. The van der Waals surface area contributed by atoms with Crippen LogP contribution in [-0.4, -0.2) is 42.3 Å². The molecular formula is C23H24BrN3O3. The quantitative estimate of drug-likeness (QED) is 0.742. The van der Waals surface area contributed by atoms with Crippen LogP contribution in [0, 0.1) is 11.8 Å². The predicted octanol–water partition coefficient (Wildman–Crippen LogP) is 3.68. The van der Waals surface area contributed by atoms with E-state index < -0.39 is 0 Å². The molecule has 30 heavy (non-hydrogen) atoms. The Morgan fingerprint density at radius 1 is 0.967 bits per heavy atom. The summed E-state index contributed by atoms with van der Waals surface area (Å²) in [6, 6.07) is 17.0. The number of nitrogens with zero attached hydrogens (tertiary/aromatic N) is 2. The van der Waals surface area contributed by atoms with Crippen LogP contribution in [0.15, 0.2) is 59.1 Å². The van der Waals surface area contributed by atoms with Gasteiger partial charge >= 0.3 is 0 Å². The van der Waals surface area contributed by atoms with Crippen molar-refractivity contribution in [1.82, 2.24) is 4.90 Å². The van der Waals surface area contributed by atoms with E-state index in [2.05, 4.69) is 21.2 Å². The van der Waals surface area contributed by atoms with Gasteiger partial charge in [0.1, 0.15) is 0 Å². The first-order valence-electron chi connectivity index (χ1n) is 10.2. The number of carbonyl (C=O) groups excluding carboxylic acids is 3. The molecule has 7 heteroatoms. The second-order valence-corrected chi connectivity index (χ2v) is 8.76. The second-order valence-electron chi connectivity index (χ2n) is 7.84. The minimum Gasteiger partial charge on any atom is -0.342 e. The van der Waals surface area contributed by atoms with E-state index in [0.717, 1.165) is 15.8 Å². The van der Waals surface area contributed by atoms with Gasteiger partial charge in [-0.05, 0) is 43.2 Å². The topological polar surface area (TPSA) is 69.7 Å².